The van der Waals surface area contributed by atoms with Crippen LogP contribution in [0.4, 0.5) is 0 Å². The lowest BCUT2D eigenvalue weighted by molar-refractivity contribution is 0.0608. The molecule has 0 bridgehead atoms. The van der Waals surface area contributed by atoms with Gasteiger partial charge in [0.15, 0.2) is 0 Å². The lowest BCUT2D eigenvalue weighted by atomic mass is 9.85. The van der Waals surface area contributed by atoms with E-state index in [9.17, 15) is 14.4 Å². The molecule has 0 N–H and O–H groups in total. The second kappa shape index (κ2) is 22.5. The first-order chi connectivity index (χ1) is 31.9. The summed E-state index contributed by atoms with van der Waals surface area (Å²) in [5.74, 6) is 0.765. The van der Waals surface area contributed by atoms with E-state index < -0.39 is 0 Å². The Morgan fingerprint density at radius 3 is 1.36 bits per heavy atom. The van der Waals surface area contributed by atoms with Crippen LogP contribution in [0, 0.1) is 37.5 Å². The van der Waals surface area contributed by atoms with E-state index in [2.05, 4.69) is 79.0 Å². The molecular formula is C55H77N3O4S4. The molecule has 0 fully saturated rings. The predicted octanol–water partition coefficient (Wildman–Crippen LogP) is 17.4. The highest BCUT2D eigenvalue weighted by Crippen LogP contribution is 2.55. The van der Waals surface area contributed by atoms with Crippen molar-refractivity contribution in [2.45, 2.75) is 191 Å². The molecule has 0 aromatic carbocycles. The number of aryl methyl sites for hydroxylation is 2. The zero-order valence-electron chi connectivity index (χ0n) is 41.8. The van der Waals surface area contributed by atoms with Crippen molar-refractivity contribution in [2.75, 3.05) is 13.1 Å². The van der Waals surface area contributed by atoms with Crippen LogP contribution in [-0.4, -0.2) is 51.1 Å². The van der Waals surface area contributed by atoms with Crippen LogP contribution in [-0.2, 0) is 0 Å². The second-order valence-corrected chi connectivity index (χ2v) is 24.3. The minimum Gasteiger partial charge on any atom is -0.336 e. The quantitative estimate of drug-likeness (QED) is 0.0491. The molecule has 11 heteroatoms. The van der Waals surface area contributed by atoms with E-state index in [1.54, 1.807) is 11.3 Å². The lowest BCUT2D eigenvalue weighted by Crippen LogP contribution is -2.35. The molecule has 5 aromatic rings. The van der Waals surface area contributed by atoms with E-state index >= 15 is 4.79 Å². The van der Waals surface area contributed by atoms with Crippen LogP contribution in [0.3, 0.4) is 0 Å². The van der Waals surface area contributed by atoms with Crippen molar-refractivity contribution in [3.8, 4) is 19.5 Å². The number of imide groups is 2. The van der Waals surface area contributed by atoms with E-state index in [-0.39, 0.29) is 35.5 Å². The van der Waals surface area contributed by atoms with Crippen molar-refractivity contribution < 1.29 is 19.2 Å². The average Bonchev–Trinajstić information content (AvgIpc) is 4.18. The summed E-state index contributed by atoms with van der Waals surface area (Å²) in [4.78, 5) is 67.0. The van der Waals surface area contributed by atoms with Crippen molar-refractivity contribution in [2.24, 2.45) is 23.7 Å². The highest BCUT2D eigenvalue weighted by atomic mass is 32.1. The predicted molar refractivity (Wildman–Crippen MR) is 284 cm³/mol. The number of carbonyl (C=O) groups excluding carboxylic acids is 4. The summed E-state index contributed by atoms with van der Waals surface area (Å²) in [5.41, 5.74) is 4.35. The third-order valence-corrected chi connectivity index (χ3v) is 20.1. The monoisotopic (exact) mass is 971 g/mol. The van der Waals surface area contributed by atoms with Gasteiger partial charge in [0.05, 0.1) is 57.3 Å². The molecule has 2 aliphatic rings. The number of amides is 4. The normalized spacial score (nSPS) is 16.4. The van der Waals surface area contributed by atoms with Crippen molar-refractivity contribution in [3.05, 3.63) is 44.1 Å². The lowest BCUT2D eigenvalue weighted by Gasteiger charge is -2.29. The van der Waals surface area contributed by atoms with Gasteiger partial charge in [-0.3, -0.25) is 29.0 Å². The third-order valence-electron chi connectivity index (χ3n) is 15.2. The Balaban J connectivity index is 1.40. The molecule has 0 saturated carbocycles. The van der Waals surface area contributed by atoms with Gasteiger partial charge in [-0.05, 0) is 75.3 Å². The molecule has 0 radical (unpaired) electrons. The summed E-state index contributed by atoms with van der Waals surface area (Å²) in [6, 6.07) is 5.08. The van der Waals surface area contributed by atoms with Gasteiger partial charge in [0.2, 0.25) is 0 Å². The Hall–Kier alpha value is -3.12. The minimum atomic E-state index is -0.266. The fourth-order valence-electron chi connectivity index (χ4n) is 11.0. The number of hydrogen-bond acceptors (Lipinski definition) is 8. The van der Waals surface area contributed by atoms with Crippen molar-refractivity contribution in [1.82, 2.24) is 14.4 Å². The number of thiophene rings is 4. The molecule has 4 atom stereocenters. The molecule has 0 saturated heterocycles. The molecule has 66 heavy (non-hydrogen) atoms. The molecule has 5 aromatic heterocycles. The summed E-state index contributed by atoms with van der Waals surface area (Å²) >= 11 is 6.54. The number of unbranched alkanes of at least 4 members (excludes halogenated alkanes) is 4. The summed E-state index contributed by atoms with van der Waals surface area (Å²) in [6.45, 7) is 22.9. The van der Waals surface area contributed by atoms with Gasteiger partial charge in [-0.25, -0.2) is 0 Å². The Morgan fingerprint density at radius 2 is 0.879 bits per heavy atom. The second-order valence-electron chi connectivity index (χ2n) is 19.7. The number of hydrogen-bond donors (Lipinski definition) is 0. The SMILES string of the molecule is CCCCC(CC)CC(CC(CC)CCCC)n1c2cc(C)sc2c2sc(-c3sc(-c4sc(C)c5c4C(=O)N(CC(CC)CCCC)C5=O)c4c3C(=O)N(CC(CC)CCCC)C4=O)cc21. The van der Waals surface area contributed by atoms with Gasteiger partial charge in [0.1, 0.15) is 0 Å². The van der Waals surface area contributed by atoms with Crippen LogP contribution >= 0.6 is 45.3 Å². The molecule has 4 unspecified atom stereocenters. The number of fused-ring (bicyclic) bond motifs is 5. The summed E-state index contributed by atoms with van der Waals surface area (Å²) in [6.07, 6.45) is 20.1. The maximum atomic E-state index is 15.0. The van der Waals surface area contributed by atoms with Gasteiger partial charge in [-0.2, -0.15) is 0 Å². The molecule has 0 aliphatic carbocycles. The minimum absolute atomic E-state index is 0.211. The fourth-order valence-corrected chi connectivity index (χ4v) is 16.0. The summed E-state index contributed by atoms with van der Waals surface area (Å²) in [7, 11) is 0. The van der Waals surface area contributed by atoms with Gasteiger partial charge >= 0.3 is 0 Å². The van der Waals surface area contributed by atoms with E-state index in [0.717, 1.165) is 78.8 Å². The molecular weight excluding hydrogens is 895 g/mol. The van der Waals surface area contributed by atoms with Crippen molar-refractivity contribution in [3.63, 3.8) is 0 Å². The molecule has 7 rings (SSSR count). The Labute approximate surface area is 411 Å². The largest absolute Gasteiger partial charge is 0.336 e. The number of aromatic nitrogens is 1. The van der Waals surface area contributed by atoms with E-state index in [1.807, 2.05) is 18.3 Å². The molecule has 4 amide bonds. The van der Waals surface area contributed by atoms with Crippen molar-refractivity contribution >= 4 is 89.4 Å². The van der Waals surface area contributed by atoms with Crippen LogP contribution in [0.15, 0.2) is 12.1 Å². The molecule has 7 heterocycles. The number of rotatable bonds is 27. The van der Waals surface area contributed by atoms with Gasteiger partial charge in [0, 0.05) is 33.8 Å². The van der Waals surface area contributed by atoms with Gasteiger partial charge < -0.3 is 4.57 Å². The Bertz CT molecular complexity index is 2500. The van der Waals surface area contributed by atoms with Crippen LogP contribution in [0.2, 0.25) is 0 Å². The van der Waals surface area contributed by atoms with Crippen LogP contribution < -0.4 is 0 Å². The first-order valence-corrected chi connectivity index (χ1v) is 29.2. The van der Waals surface area contributed by atoms with E-state index in [1.165, 1.54) is 109 Å². The smallest absolute Gasteiger partial charge is 0.263 e. The highest BCUT2D eigenvalue weighted by Gasteiger charge is 2.47. The maximum Gasteiger partial charge on any atom is 0.263 e. The van der Waals surface area contributed by atoms with Crippen molar-refractivity contribution in [1.29, 1.82) is 0 Å². The van der Waals surface area contributed by atoms with Gasteiger partial charge in [-0.15, -0.1) is 45.3 Å². The molecule has 7 nitrogen and oxygen atoms in total. The van der Waals surface area contributed by atoms with Gasteiger partial charge in [0.25, 0.3) is 23.6 Å². The molecule has 0 spiro atoms. The first kappa shape index (κ1) is 50.7. The van der Waals surface area contributed by atoms with Gasteiger partial charge in [-0.1, -0.05) is 145 Å². The Kier molecular flexibility index (Phi) is 17.3. The third kappa shape index (κ3) is 9.85. The average molecular weight is 973 g/mol. The molecule has 360 valence electrons. The van der Waals surface area contributed by atoms with E-state index in [0.29, 0.717) is 63.0 Å². The molecule has 2 aliphatic heterocycles. The van der Waals surface area contributed by atoms with Crippen LogP contribution in [0.1, 0.15) is 228 Å². The standard InChI is InChI=1S/C55H77N3O4S4/c1-11-19-23-35(15-5)28-39(29-36(16-6)24-20-12-2)58-40-27-33(9)63-47(40)48-41(58)30-42(65-48)49-45-46(55(62)57(54(45)61)32-38(18-8)26-22-14-4)51(66-49)50-44-43(34(10)64-50)52(59)56(53(44)60)31-37(17-7)25-21-13-3/h27,30,35-39H,11-26,28-29,31-32H2,1-10H3. The topological polar surface area (TPSA) is 79.7 Å². The zero-order valence-corrected chi connectivity index (χ0v) is 45.1. The summed E-state index contributed by atoms with van der Waals surface area (Å²) in [5, 5.41) is 0. The maximum absolute atomic E-state index is 15.0. The van der Waals surface area contributed by atoms with Crippen LogP contribution in [0.5, 0.6) is 0 Å². The van der Waals surface area contributed by atoms with Crippen LogP contribution in [0.25, 0.3) is 39.9 Å². The first-order valence-electron chi connectivity index (χ1n) is 26.0. The Morgan fingerprint density at radius 1 is 0.470 bits per heavy atom. The number of nitrogens with zero attached hydrogens (tertiary/aromatic N) is 3. The number of carbonyl (C=O) groups is 4. The van der Waals surface area contributed by atoms with E-state index in [4.69, 9.17) is 0 Å². The highest BCUT2D eigenvalue weighted by molar-refractivity contribution is 7.32. The summed E-state index contributed by atoms with van der Waals surface area (Å²) < 4.78 is 5.27. The zero-order chi connectivity index (χ0) is 47.4. The fraction of sp³-hybridized carbons (Fsp3) is 0.636.